The molecule has 6 nitrogen and oxygen atoms in total. The highest BCUT2D eigenvalue weighted by Gasteiger charge is 2.22. The van der Waals surface area contributed by atoms with Crippen LogP contribution in [-0.4, -0.2) is 24.8 Å². The molecule has 0 saturated heterocycles. The summed E-state index contributed by atoms with van der Waals surface area (Å²) in [5.41, 5.74) is 0.532. The maximum atomic E-state index is 12.7. The zero-order valence-electron chi connectivity index (χ0n) is 13.2. The molecule has 3 rings (SSSR count). The summed E-state index contributed by atoms with van der Waals surface area (Å²) in [4.78, 5) is 6.67. The van der Waals surface area contributed by atoms with Crippen molar-refractivity contribution in [2.45, 2.75) is 23.6 Å². The van der Waals surface area contributed by atoms with Gasteiger partial charge in [-0.1, -0.05) is 11.2 Å². The van der Waals surface area contributed by atoms with E-state index in [2.05, 4.69) is 14.9 Å². The number of hydrogen-bond donors (Lipinski definition) is 1. The minimum Gasteiger partial charge on any atom is -0.339 e. The Morgan fingerprint density at radius 2 is 2.04 bits per heavy atom. The number of rotatable bonds is 5. The van der Waals surface area contributed by atoms with Crippen molar-refractivity contribution in [3.05, 3.63) is 41.1 Å². The van der Waals surface area contributed by atoms with Crippen LogP contribution in [0, 0.1) is 13.8 Å². The molecule has 0 spiro atoms. The van der Waals surface area contributed by atoms with Gasteiger partial charge in [-0.25, -0.2) is 8.42 Å². The number of thioether (sulfide) groups is 1. The van der Waals surface area contributed by atoms with Crippen LogP contribution in [0.4, 0.5) is 5.69 Å². The largest absolute Gasteiger partial charge is 0.339 e. The number of hydrogen-bond acceptors (Lipinski definition) is 7. The molecule has 0 unspecified atom stereocenters. The minimum atomic E-state index is -3.68. The van der Waals surface area contributed by atoms with Crippen LogP contribution >= 0.6 is 23.1 Å². The Morgan fingerprint density at radius 1 is 1.25 bits per heavy atom. The van der Waals surface area contributed by atoms with Crippen LogP contribution in [0.3, 0.4) is 0 Å². The highest BCUT2D eigenvalue weighted by molar-refractivity contribution is 7.98. The van der Waals surface area contributed by atoms with E-state index in [4.69, 9.17) is 4.52 Å². The summed E-state index contributed by atoms with van der Waals surface area (Å²) in [6, 6.07) is 8.84. The second kappa shape index (κ2) is 6.58. The number of aryl methyl sites for hydroxylation is 2. The monoisotopic (exact) mass is 381 g/mol. The van der Waals surface area contributed by atoms with Gasteiger partial charge in [-0.05, 0) is 37.4 Å². The van der Waals surface area contributed by atoms with Gasteiger partial charge in [-0.15, -0.1) is 23.1 Å². The fraction of sp³-hybridized carbons (Fsp3) is 0.200. The molecule has 0 aliphatic rings. The number of aromatic nitrogens is 2. The second-order valence-electron chi connectivity index (χ2n) is 5.01. The third-order valence-electron chi connectivity index (χ3n) is 3.23. The van der Waals surface area contributed by atoms with Crippen LogP contribution in [0.25, 0.3) is 10.7 Å². The average molecular weight is 382 g/mol. The van der Waals surface area contributed by atoms with Crippen LogP contribution in [0.2, 0.25) is 0 Å². The van der Waals surface area contributed by atoms with E-state index in [-0.39, 0.29) is 4.90 Å². The number of nitrogens with one attached hydrogen (secondary N) is 1. The Bertz CT molecular complexity index is 977. The third-order valence-corrected chi connectivity index (χ3v) is 6.64. The average Bonchev–Trinajstić information content (AvgIpc) is 3.13. The van der Waals surface area contributed by atoms with Crippen molar-refractivity contribution in [2.24, 2.45) is 0 Å². The molecule has 0 fully saturated rings. The molecule has 24 heavy (non-hydrogen) atoms. The fourth-order valence-corrected chi connectivity index (χ4v) is 5.17. The summed E-state index contributed by atoms with van der Waals surface area (Å²) in [5, 5.41) is 3.84. The molecule has 1 aromatic carbocycles. The van der Waals surface area contributed by atoms with Gasteiger partial charge in [0.15, 0.2) is 0 Å². The Balaban J connectivity index is 1.93. The van der Waals surface area contributed by atoms with E-state index in [9.17, 15) is 8.42 Å². The molecule has 0 bridgehead atoms. The van der Waals surface area contributed by atoms with E-state index in [0.29, 0.717) is 27.2 Å². The van der Waals surface area contributed by atoms with Gasteiger partial charge >= 0.3 is 0 Å². The van der Waals surface area contributed by atoms with Crippen molar-refractivity contribution in [1.82, 2.24) is 10.1 Å². The van der Waals surface area contributed by atoms with Crippen LogP contribution < -0.4 is 4.72 Å². The summed E-state index contributed by atoms with van der Waals surface area (Å²) >= 11 is 2.87. The Morgan fingerprint density at radius 3 is 2.71 bits per heavy atom. The standard InChI is InChI=1S/C15H15N3O3S3/c1-9-14(8-13(23-9)15-16-10(2)21-17-15)24(19,20)18-11-5-4-6-12(7-11)22-3/h4-8,18H,1-3H3. The Labute approximate surface area is 148 Å². The van der Waals surface area contributed by atoms with Gasteiger partial charge in [-0.2, -0.15) is 4.98 Å². The van der Waals surface area contributed by atoms with Crippen molar-refractivity contribution in [3.8, 4) is 10.7 Å². The number of benzene rings is 1. The molecule has 3 aromatic rings. The van der Waals surface area contributed by atoms with Crippen LogP contribution in [0.1, 0.15) is 10.8 Å². The summed E-state index contributed by atoms with van der Waals surface area (Å²) in [7, 11) is -3.68. The van der Waals surface area contributed by atoms with Gasteiger partial charge in [-0.3, -0.25) is 4.72 Å². The van der Waals surface area contributed by atoms with Crippen LogP contribution in [0.5, 0.6) is 0 Å². The molecular formula is C15H15N3O3S3. The number of anilines is 1. The lowest BCUT2D eigenvalue weighted by atomic mass is 10.3. The highest BCUT2D eigenvalue weighted by Crippen LogP contribution is 2.33. The predicted molar refractivity (Wildman–Crippen MR) is 96.1 cm³/mol. The first-order valence-electron chi connectivity index (χ1n) is 6.97. The van der Waals surface area contributed by atoms with Gasteiger partial charge < -0.3 is 4.52 Å². The molecule has 0 atom stereocenters. The first kappa shape index (κ1) is 17.0. The van der Waals surface area contributed by atoms with Crippen molar-refractivity contribution in [2.75, 3.05) is 11.0 Å². The first-order valence-corrected chi connectivity index (χ1v) is 10.5. The molecule has 2 heterocycles. The Kier molecular flexibility index (Phi) is 4.66. The zero-order valence-corrected chi connectivity index (χ0v) is 15.7. The molecule has 126 valence electrons. The summed E-state index contributed by atoms with van der Waals surface area (Å²) in [6.07, 6.45) is 1.94. The topological polar surface area (TPSA) is 85.1 Å². The van der Waals surface area contributed by atoms with Crippen molar-refractivity contribution >= 4 is 38.8 Å². The predicted octanol–water partition coefficient (Wildman–Crippen LogP) is 3.94. The molecule has 2 aromatic heterocycles. The van der Waals surface area contributed by atoms with Crippen molar-refractivity contribution in [3.63, 3.8) is 0 Å². The van der Waals surface area contributed by atoms with E-state index in [1.54, 1.807) is 43.8 Å². The normalized spacial score (nSPS) is 11.6. The van der Waals surface area contributed by atoms with Crippen molar-refractivity contribution in [1.29, 1.82) is 0 Å². The zero-order chi connectivity index (χ0) is 17.3. The van der Waals surface area contributed by atoms with Crippen LogP contribution in [-0.2, 0) is 10.0 Å². The lowest BCUT2D eigenvalue weighted by Gasteiger charge is -2.08. The fourth-order valence-electron chi connectivity index (χ4n) is 2.14. The molecule has 0 amide bonds. The number of thiophene rings is 1. The molecule has 1 N–H and O–H groups in total. The first-order chi connectivity index (χ1) is 11.4. The maximum Gasteiger partial charge on any atom is 0.263 e. The third kappa shape index (κ3) is 3.47. The van der Waals surface area contributed by atoms with E-state index in [0.717, 1.165) is 4.90 Å². The van der Waals surface area contributed by atoms with E-state index < -0.39 is 10.0 Å². The van der Waals surface area contributed by atoms with Gasteiger partial charge in [0.2, 0.25) is 11.7 Å². The van der Waals surface area contributed by atoms with E-state index in [1.807, 2.05) is 18.4 Å². The summed E-state index contributed by atoms with van der Waals surface area (Å²) in [6.45, 7) is 3.45. The number of nitrogens with zero attached hydrogens (tertiary/aromatic N) is 2. The van der Waals surface area contributed by atoms with Gasteiger partial charge in [0, 0.05) is 22.4 Å². The molecule has 0 aliphatic carbocycles. The smallest absolute Gasteiger partial charge is 0.263 e. The van der Waals surface area contributed by atoms with Gasteiger partial charge in [0.1, 0.15) is 4.90 Å². The molecule has 0 saturated carbocycles. The summed E-state index contributed by atoms with van der Waals surface area (Å²) in [5.74, 6) is 0.832. The number of sulfonamides is 1. The van der Waals surface area contributed by atoms with Gasteiger partial charge in [0.05, 0.1) is 4.88 Å². The van der Waals surface area contributed by atoms with Crippen molar-refractivity contribution < 1.29 is 12.9 Å². The lowest BCUT2D eigenvalue weighted by Crippen LogP contribution is -2.13. The maximum absolute atomic E-state index is 12.7. The molecule has 0 aliphatic heterocycles. The minimum absolute atomic E-state index is 0.222. The molecule has 0 radical (unpaired) electrons. The van der Waals surface area contributed by atoms with E-state index >= 15 is 0 Å². The van der Waals surface area contributed by atoms with Gasteiger partial charge in [0.25, 0.3) is 10.0 Å². The highest BCUT2D eigenvalue weighted by atomic mass is 32.2. The van der Waals surface area contributed by atoms with Crippen LogP contribution in [0.15, 0.2) is 44.6 Å². The summed E-state index contributed by atoms with van der Waals surface area (Å²) < 4.78 is 33.0. The Hall–Kier alpha value is -1.84. The molecular weight excluding hydrogens is 366 g/mol. The second-order valence-corrected chi connectivity index (χ2v) is 8.79. The van der Waals surface area contributed by atoms with E-state index in [1.165, 1.54) is 11.3 Å². The molecule has 9 heteroatoms. The SMILES string of the molecule is CSc1cccc(NS(=O)(=O)c2cc(-c3noc(C)n3)sc2C)c1. The quantitative estimate of drug-likeness (QED) is 0.674. The lowest BCUT2D eigenvalue weighted by molar-refractivity contribution is 0.394.